The van der Waals surface area contributed by atoms with Crippen molar-refractivity contribution in [3.05, 3.63) is 65.7 Å². The predicted octanol–water partition coefficient (Wildman–Crippen LogP) is 4.54. The molecule has 2 saturated heterocycles. The van der Waals surface area contributed by atoms with E-state index in [1.807, 2.05) is 69.3 Å². The Morgan fingerprint density at radius 1 is 0.793 bits per heavy atom. The van der Waals surface area contributed by atoms with Crippen molar-refractivity contribution in [1.29, 1.82) is 0 Å². The van der Waals surface area contributed by atoms with Gasteiger partial charge in [0.2, 0.25) is 0 Å². The van der Waals surface area contributed by atoms with Gasteiger partial charge >= 0.3 is 6.03 Å². The minimum atomic E-state index is 0.0134. The maximum absolute atomic E-state index is 13.1. The van der Waals surface area contributed by atoms with E-state index in [9.17, 15) is 9.59 Å². The van der Waals surface area contributed by atoms with E-state index in [0.717, 1.165) is 50.1 Å². The summed E-state index contributed by atoms with van der Waals surface area (Å²) in [7, 11) is 0. The molecule has 0 radical (unpaired) electrons. The summed E-state index contributed by atoms with van der Waals surface area (Å²) in [5.41, 5.74) is 2.62. The van der Waals surface area contributed by atoms with Gasteiger partial charge in [-0.05, 0) is 43.0 Å². The van der Waals surface area contributed by atoms with Crippen molar-refractivity contribution in [2.45, 2.75) is 38.6 Å². The van der Waals surface area contributed by atoms with Crippen molar-refractivity contribution in [2.24, 2.45) is 0 Å². The average molecular weight is 392 g/mol. The van der Waals surface area contributed by atoms with Gasteiger partial charge < -0.3 is 9.80 Å². The number of rotatable bonds is 4. The largest absolute Gasteiger partial charge is 0.339 e. The van der Waals surface area contributed by atoms with E-state index in [-0.39, 0.29) is 11.9 Å². The molecule has 0 aromatic heterocycles. The molecular formula is C24H29N3O2. The summed E-state index contributed by atoms with van der Waals surface area (Å²) >= 11 is 0. The van der Waals surface area contributed by atoms with Gasteiger partial charge in [-0.3, -0.25) is 9.69 Å². The number of likely N-dealkylation sites (tertiary alicyclic amines) is 1. The first-order chi connectivity index (χ1) is 14.2. The van der Waals surface area contributed by atoms with Crippen molar-refractivity contribution in [3.8, 4) is 0 Å². The van der Waals surface area contributed by atoms with Gasteiger partial charge in [0, 0.05) is 44.0 Å². The van der Waals surface area contributed by atoms with Crippen LogP contribution in [0.3, 0.4) is 0 Å². The number of urea groups is 1. The molecule has 0 bridgehead atoms. The highest BCUT2D eigenvalue weighted by Crippen LogP contribution is 2.24. The second-order valence-electron chi connectivity index (χ2n) is 7.95. The molecule has 2 aliphatic rings. The molecule has 152 valence electrons. The predicted molar refractivity (Wildman–Crippen MR) is 115 cm³/mol. The van der Waals surface area contributed by atoms with Crippen LogP contribution >= 0.6 is 0 Å². The average Bonchev–Trinajstić information content (AvgIpc) is 3.05. The maximum Gasteiger partial charge on any atom is 0.324 e. The van der Waals surface area contributed by atoms with Gasteiger partial charge in [-0.1, -0.05) is 49.2 Å². The molecule has 0 N–H and O–H groups in total. The van der Waals surface area contributed by atoms with Gasteiger partial charge in [0.25, 0.3) is 5.91 Å². The Labute approximate surface area is 172 Å². The zero-order valence-corrected chi connectivity index (χ0v) is 16.9. The summed E-state index contributed by atoms with van der Waals surface area (Å²) in [6.07, 6.45) is 5.46. The van der Waals surface area contributed by atoms with Crippen LogP contribution in [0.4, 0.5) is 10.5 Å². The summed E-state index contributed by atoms with van der Waals surface area (Å²) in [6.45, 7) is 3.72. The van der Waals surface area contributed by atoms with E-state index in [0.29, 0.717) is 18.7 Å². The molecule has 5 heteroatoms. The van der Waals surface area contributed by atoms with Crippen LogP contribution in [0.5, 0.6) is 0 Å². The van der Waals surface area contributed by atoms with Gasteiger partial charge in [0.05, 0.1) is 0 Å². The first kappa shape index (κ1) is 19.5. The Balaban J connectivity index is 1.49. The fraction of sp³-hybridized carbons (Fsp3) is 0.417. The van der Waals surface area contributed by atoms with E-state index in [4.69, 9.17) is 0 Å². The molecule has 2 aromatic carbocycles. The van der Waals surface area contributed by atoms with E-state index in [1.54, 1.807) is 0 Å². The highest BCUT2D eigenvalue weighted by Gasteiger charge is 2.27. The van der Waals surface area contributed by atoms with E-state index < -0.39 is 0 Å². The van der Waals surface area contributed by atoms with Crippen molar-refractivity contribution < 1.29 is 9.59 Å². The van der Waals surface area contributed by atoms with Gasteiger partial charge in [-0.2, -0.15) is 0 Å². The summed E-state index contributed by atoms with van der Waals surface area (Å²) in [4.78, 5) is 31.8. The third kappa shape index (κ3) is 4.61. The van der Waals surface area contributed by atoms with Crippen LogP contribution in [0.15, 0.2) is 54.6 Å². The lowest BCUT2D eigenvalue weighted by atomic mass is 10.1. The minimum Gasteiger partial charge on any atom is -0.339 e. The minimum absolute atomic E-state index is 0.0134. The molecule has 2 fully saturated rings. The lowest BCUT2D eigenvalue weighted by molar-refractivity contribution is 0.0761. The molecular weight excluding hydrogens is 362 g/mol. The van der Waals surface area contributed by atoms with E-state index in [2.05, 4.69) is 0 Å². The zero-order valence-electron chi connectivity index (χ0n) is 16.9. The summed E-state index contributed by atoms with van der Waals surface area (Å²) < 4.78 is 0. The number of hydrogen-bond acceptors (Lipinski definition) is 2. The Kier molecular flexibility index (Phi) is 6.13. The molecule has 2 heterocycles. The first-order valence-electron chi connectivity index (χ1n) is 10.7. The second kappa shape index (κ2) is 9.12. The summed E-state index contributed by atoms with van der Waals surface area (Å²) in [6, 6.07) is 17.7. The van der Waals surface area contributed by atoms with Crippen LogP contribution in [0.25, 0.3) is 0 Å². The standard InChI is InChI=1S/C24H29N3O2/c28-23(25-14-6-1-2-7-15-25)21-12-8-13-22(18-21)27-17-9-16-26(24(27)29)19-20-10-4-3-5-11-20/h3-5,8,10-13,18H,1-2,6-7,9,14-17,19H2. The number of carbonyl (C=O) groups is 2. The Morgan fingerprint density at radius 2 is 1.55 bits per heavy atom. The third-order valence-electron chi connectivity index (χ3n) is 5.83. The Hall–Kier alpha value is -2.82. The zero-order chi connectivity index (χ0) is 20.1. The van der Waals surface area contributed by atoms with Crippen LogP contribution in [0.1, 0.15) is 48.0 Å². The fourth-order valence-electron chi connectivity index (χ4n) is 4.23. The molecule has 3 amide bonds. The smallest absolute Gasteiger partial charge is 0.324 e. The Morgan fingerprint density at radius 3 is 2.31 bits per heavy atom. The van der Waals surface area contributed by atoms with Crippen molar-refractivity contribution in [2.75, 3.05) is 31.1 Å². The summed E-state index contributed by atoms with van der Waals surface area (Å²) in [5.74, 6) is 0.0827. The maximum atomic E-state index is 13.1. The number of amides is 3. The molecule has 4 rings (SSSR count). The van der Waals surface area contributed by atoms with Gasteiger partial charge in [-0.15, -0.1) is 0 Å². The molecule has 29 heavy (non-hydrogen) atoms. The second-order valence-corrected chi connectivity index (χ2v) is 7.95. The molecule has 0 saturated carbocycles. The molecule has 0 unspecified atom stereocenters. The number of carbonyl (C=O) groups excluding carboxylic acids is 2. The lowest BCUT2D eigenvalue weighted by Gasteiger charge is -2.36. The molecule has 0 aliphatic carbocycles. The van der Waals surface area contributed by atoms with E-state index >= 15 is 0 Å². The third-order valence-corrected chi connectivity index (χ3v) is 5.83. The summed E-state index contributed by atoms with van der Waals surface area (Å²) in [5, 5.41) is 0. The number of hydrogen-bond donors (Lipinski definition) is 0. The van der Waals surface area contributed by atoms with Crippen LogP contribution in [-0.2, 0) is 6.54 Å². The topological polar surface area (TPSA) is 43.9 Å². The van der Waals surface area contributed by atoms with Crippen LogP contribution in [-0.4, -0.2) is 47.9 Å². The van der Waals surface area contributed by atoms with Crippen molar-refractivity contribution in [1.82, 2.24) is 9.80 Å². The molecule has 0 atom stereocenters. The van der Waals surface area contributed by atoms with Crippen molar-refractivity contribution in [3.63, 3.8) is 0 Å². The SMILES string of the molecule is O=C(c1cccc(N2CCCN(Cc3ccccc3)C2=O)c1)N1CCCCCC1. The van der Waals surface area contributed by atoms with Crippen LogP contribution in [0, 0.1) is 0 Å². The monoisotopic (exact) mass is 391 g/mol. The van der Waals surface area contributed by atoms with Crippen LogP contribution < -0.4 is 4.90 Å². The van der Waals surface area contributed by atoms with E-state index in [1.165, 1.54) is 12.8 Å². The van der Waals surface area contributed by atoms with Gasteiger partial charge in [0.15, 0.2) is 0 Å². The first-order valence-corrected chi connectivity index (χ1v) is 10.7. The molecule has 0 spiro atoms. The van der Waals surface area contributed by atoms with Crippen molar-refractivity contribution >= 4 is 17.6 Å². The molecule has 2 aromatic rings. The van der Waals surface area contributed by atoms with Crippen LogP contribution in [0.2, 0.25) is 0 Å². The van der Waals surface area contributed by atoms with Gasteiger partial charge in [0.1, 0.15) is 0 Å². The highest BCUT2D eigenvalue weighted by molar-refractivity contribution is 5.98. The van der Waals surface area contributed by atoms with Gasteiger partial charge in [-0.25, -0.2) is 4.79 Å². The molecule has 2 aliphatic heterocycles. The highest BCUT2D eigenvalue weighted by atomic mass is 16.2. The quantitative estimate of drug-likeness (QED) is 0.768. The fourth-order valence-corrected chi connectivity index (χ4v) is 4.23. The normalized spacial score (nSPS) is 17.9. The number of nitrogens with zero attached hydrogens (tertiary/aromatic N) is 3. The number of benzene rings is 2. The lowest BCUT2D eigenvalue weighted by Crippen LogP contribution is -2.49. The molecule has 5 nitrogen and oxygen atoms in total. The Bertz CT molecular complexity index is 844. The number of anilines is 1.